The first-order valence-corrected chi connectivity index (χ1v) is 8.37. The van der Waals surface area contributed by atoms with Gasteiger partial charge in [-0.1, -0.05) is 25.8 Å². The molecule has 24 heavy (non-hydrogen) atoms. The van der Waals surface area contributed by atoms with E-state index in [1.807, 2.05) is 6.08 Å². The van der Waals surface area contributed by atoms with E-state index in [0.717, 1.165) is 25.7 Å². The van der Waals surface area contributed by atoms with Crippen LogP contribution < -0.4 is 10.4 Å². The van der Waals surface area contributed by atoms with E-state index in [1.54, 1.807) is 24.3 Å². The molecule has 5 heteroatoms. The molecule has 1 aromatic carbocycles. The van der Waals surface area contributed by atoms with Gasteiger partial charge in [0.25, 0.3) is 0 Å². The maximum Gasteiger partial charge on any atom is 0.347 e. The summed E-state index contributed by atoms with van der Waals surface area (Å²) in [5.41, 5.74) is -0.0636. The van der Waals surface area contributed by atoms with Crippen molar-refractivity contribution in [1.82, 2.24) is 0 Å². The molecule has 0 saturated heterocycles. The molecule has 1 aromatic heterocycles. The van der Waals surface area contributed by atoms with Gasteiger partial charge in [-0.25, -0.2) is 4.79 Å². The van der Waals surface area contributed by atoms with Crippen molar-refractivity contribution in [3.63, 3.8) is 0 Å². The molecule has 0 atom stereocenters. The first-order valence-electron chi connectivity index (χ1n) is 8.37. The Labute approximate surface area is 141 Å². The van der Waals surface area contributed by atoms with Gasteiger partial charge in [0.15, 0.2) is 0 Å². The quantitative estimate of drug-likeness (QED) is 0.538. The Morgan fingerprint density at radius 2 is 2.08 bits per heavy atom. The minimum atomic E-state index is -0.552. The number of benzene rings is 1. The van der Waals surface area contributed by atoms with Crippen LogP contribution in [0.5, 0.6) is 11.5 Å². The van der Waals surface area contributed by atoms with Crippen molar-refractivity contribution < 1.29 is 19.4 Å². The van der Waals surface area contributed by atoms with Crippen LogP contribution in [0, 0.1) is 0 Å². The number of hydrogen-bond acceptors (Lipinski definition) is 5. The highest BCUT2D eigenvalue weighted by atomic mass is 16.5. The van der Waals surface area contributed by atoms with Gasteiger partial charge in [-0.15, -0.1) is 0 Å². The number of aromatic hydroxyl groups is 1. The Morgan fingerprint density at radius 3 is 2.83 bits per heavy atom. The highest BCUT2D eigenvalue weighted by Gasteiger charge is 2.12. The number of rotatable bonds is 9. The molecule has 2 rings (SSSR count). The molecule has 1 heterocycles. The lowest BCUT2D eigenvalue weighted by Gasteiger charge is -2.08. The van der Waals surface area contributed by atoms with Crippen LogP contribution in [0.3, 0.4) is 0 Å². The average molecular weight is 332 g/mol. The zero-order valence-electron chi connectivity index (χ0n) is 14.0. The van der Waals surface area contributed by atoms with Gasteiger partial charge in [-0.2, -0.15) is 0 Å². The molecule has 0 amide bonds. The van der Waals surface area contributed by atoms with E-state index in [4.69, 9.17) is 14.3 Å². The second kappa shape index (κ2) is 9.13. The number of allylic oxidation sites excluding steroid dienone is 1. The molecule has 0 aliphatic rings. The number of fused-ring (bicyclic) bond motifs is 1. The molecule has 130 valence electrons. The summed E-state index contributed by atoms with van der Waals surface area (Å²) in [5.74, 6) is 0.500. The summed E-state index contributed by atoms with van der Waals surface area (Å²) in [6, 6.07) is 4.97. The Balaban J connectivity index is 2.26. The van der Waals surface area contributed by atoms with Crippen molar-refractivity contribution >= 4 is 17.0 Å². The van der Waals surface area contributed by atoms with Crippen molar-refractivity contribution in [3.8, 4) is 11.5 Å². The lowest BCUT2D eigenvalue weighted by atomic mass is 10.1. The van der Waals surface area contributed by atoms with E-state index in [1.165, 1.54) is 0 Å². The number of unbranched alkanes of at least 4 members (excludes halogenated alkanes) is 3. The minimum absolute atomic E-state index is 0.0881. The normalized spacial score (nSPS) is 11.4. The number of aliphatic hydroxyl groups excluding tert-OH is 1. The highest BCUT2D eigenvalue weighted by Crippen LogP contribution is 2.30. The second-order valence-corrected chi connectivity index (χ2v) is 5.63. The van der Waals surface area contributed by atoms with Gasteiger partial charge in [0.05, 0.1) is 12.0 Å². The van der Waals surface area contributed by atoms with E-state index >= 15 is 0 Å². The molecule has 0 bridgehead atoms. The summed E-state index contributed by atoms with van der Waals surface area (Å²) in [6.45, 7) is 2.71. The zero-order valence-corrected chi connectivity index (χ0v) is 14.0. The lowest BCUT2D eigenvalue weighted by molar-refractivity contribution is 0.253. The number of aliphatic hydroxyl groups is 1. The topological polar surface area (TPSA) is 79.9 Å². The third-order valence-corrected chi connectivity index (χ3v) is 3.71. The summed E-state index contributed by atoms with van der Waals surface area (Å²) in [6.07, 6.45) is 7.86. The Bertz CT molecular complexity index is 745. The van der Waals surface area contributed by atoms with E-state index in [2.05, 4.69) is 6.92 Å². The molecule has 2 aromatic rings. The lowest BCUT2D eigenvalue weighted by Crippen LogP contribution is -2.04. The summed E-state index contributed by atoms with van der Waals surface area (Å²) in [4.78, 5) is 12.0. The van der Waals surface area contributed by atoms with Crippen molar-refractivity contribution in [3.05, 3.63) is 40.3 Å². The molecule has 0 spiro atoms. The van der Waals surface area contributed by atoms with Crippen LogP contribution in [0.2, 0.25) is 0 Å². The highest BCUT2D eigenvalue weighted by molar-refractivity contribution is 5.87. The van der Waals surface area contributed by atoms with Crippen LogP contribution in [-0.4, -0.2) is 23.4 Å². The fourth-order valence-electron chi connectivity index (χ4n) is 2.34. The van der Waals surface area contributed by atoms with E-state index in [9.17, 15) is 9.90 Å². The fourth-order valence-corrected chi connectivity index (χ4v) is 2.34. The summed E-state index contributed by atoms with van der Waals surface area (Å²) in [7, 11) is 0. The molecule has 0 radical (unpaired) electrons. The maximum absolute atomic E-state index is 12.0. The van der Waals surface area contributed by atoms with E-state index in [-0.39, 0.29) is 17.9 Å². The molecular weight excluding hydrogens is 308 g/mol. The standard InChI is InChI=1S/C19H24O5/c1-2-3-4-5-8-15-18(21)16-13-14(23-12-7-6-11-20)9-10-17(16)24-19(15)22/h5,8-10,13,20-21H,2-4,6-7,11-12H2,1H3. The largest absolute Gasteiger partial charge is 0.506 e. The Morgan fingerprint density at radius 1 is 1.25 bits per heavy atom. The minimum Gasteiger partial charge on any atom is -0.506 e. The monoisotopic (exact) mass is 332 g/mol. The predicted octanol–water partition coefficient (Wildman–Crippen LogP) is 3.85. The molecule has 0 aliphatic heterocycles. The molecular formula is C19H24O5. The first-order chi connectivity index (χ1) is 11.7. The summed E-state index contributed by atoms with van der Waals surface area (Å²) < 4.78 is 10.9. The van der Waals surface area contributed by atoms with Crippen LogP contribution in [0.4, 0.5) is 0 Å². The molecule has 5 nitrogen and oxygen atoms in total. The first kappa shape index (κ1) is 18.1. The Kier molecular flexibility index (Phi) is 6.88. The predicted molar refractivity (Wildman–Crippen MR) is 94.5 cm³/mol. The van der Waals surface area contributed by atoms with Crippen LogP contribution >= 0.6 is 0 Å². The van der Waals surface area contributed by atoms with Gasteiger partial charge >= 0.3 is 5.63 Å². The van der Waals surface area contributed by atoms with Gasteiger partial charge in [0.2, 0.25) is 0 Å². The van der Waals surface area contributed by atoms with Gasteiger partial charge in [0, 0.05) is 6.61 Å². The molecule has 0 aliphatic carbocycles. The van der Waals surface area contributed by atoms with Crippen LogP contribution in [-0.2, 0) is 0 Å². The number of hydrogen-bond donors (Lipinski definition) is 2. The average Bonchev–Trinajstić information content (AvgIpc) is 2.58. The van der Waals surface area contributed by atoms with Crippen LogP contribution in [0.15, 0.2) is 33.5 Å². The second-order valence-electron chi connectivity index (χ2n) is 5.63. The van der Waals surface area contributed by atoms with Crippen molar-refractivity contribution in [2.45, 2.75) is 39.0 Å². The van der Waals surface area contributed by atoms with E-state index < -0.39 is 5.63 Å². The van der Waals surface area contributed by atoms with E-state index in [0.29, 0.717) is 29.7 Å². The molecule has 0 unspecified atom stereocenters. The van der Waals surface area contributed by atoms with Crippen LogP contribution in [0.1, 0.15) is 44.6 Å². The van der Waals surface area contributed by atoms with Gasteiger partial charge < -0.3 is 19.4 Å². The number of ether oxygens (including phenoxy) is 1. The van der Waals surface area contributed by atoms with Crippen molar-refractivity contribution in [2.24, 2.45) is 0 Å². The van der Waals surface area contributed by atoms with Gasteiger partial charge in [-0.3, -0.25) is 0 Å². The zero-order chi connectivity index (χ0) is 17.4. The maximum atomic E-state index is 12.0. The SMILES string of the molecule is CCCCC=Cc1c(O)c2cc(OCCCCO)ccc2oc1=O. The van der Waals surface area contributed by atoms with Gasteiger partial charge in [0.1, 0.15) is 22.6 Å². The van der Waals surface area contributed by atoms with Crippen LogP contribution in [0.25, 0.3) is 17.0 Å². The summed E-state index contributed by atoms with van der Waals surface area (Å²) in [5, 5.41) is 19.6. The molecule has 0 fully saturated rings. The summed E-state index contributed by atoms with van der Waals surface area (Å²) >= 11 is 0. The van der Waals surface area contributed by atoms with Gasteiger partial charge in [-0.05, 0) is 43.5 Å². The Hall–Kier alpha value is -2.27. The van der Waals surface area contributed by atoms with Crippen molar-refractivity contribution in [2.75, 3.05) is 13.2 Å². The third kappa shape index (κ3) is 4.61. The third-order valence-electron chi connectivity index (χ3n) is 3.71. The molecule has 2 N–H and O–H groups in total. The fraction of sp³-hybridized carbons (Fsp3) is 0.421. The smallest absolute Gasteiger partial charge is 0.347 e. The van der Waals surface area contributed by atoms with Crippen molar-refractivity contribution in [1.29, 1.82) is 0 Å². The molecule has 0 saturated carbocycles.